The van der Waals surface area contributed by atoms with Crippen LogP contribution in [0.15, 0.2) is 24.5 Å². The summed E-state index contributed by atoms with van der Waals surface area (Å²) in [6, 6.07) is 3.20. The molecule has 7 nitrogen and oxygen atoms in total. The van der Waals surface area contributed by atoms with Crippen molar-refractivity contribution in [1.29, 1.82) is 0 Å². The highest BCUT2D eigenvalue weighted by Crippen LogP contribution is 2.25. The highest BCUT2D eigenvalue weighted by molar-refractivity contribution is 5.88. The van der Waals surface area contributed by atoms with Gasteiger partial charge in [-0.1, -0.05) is 0 Å². The van der Waals surface area contributed by atoms with E-state index in [9.17, 15) is 15.0 Å². The first-order valence-corrected chi connectivity index (χ1v) is 6.78. The van der Waals surface area contributed by atoms with E-state index in [1.54, 1.807) is 32.2 Å². The number of pyridine rings is 1. The van der Waals surface area contributed by atoms with Crippen LogP contribution in [0.2, 0.25) is 0 Å². The average Bonchev–Trinajstić information content (AvgIpc) is 2.74. The van der Waals surface area contributed by atoms with Crippen molar-refractivity contribution in [2.24, 2.45) is 0 Å². The van der Waals surface area contributed by atoms with Gasteiger partial charge < -0.3 is 24.8 Å². The van der Waals surface area contributed by atoms with Crippen LogP contribution in [0.3, 0.4) is 0 Å². The average molecular weight is 298 g/mol. The summed E-state index contributed by atoms with van der Waals surface area (Å²) in [5.74, 6) is -0.480. The van der Waals surface area contributed by atoms with Crippen LogP contribution in [0.1, 0.15) is 30.4 Å². The summed E-state index contributed by atoms with van der Waals surface area (Å²) in [6.07, 6.45) is -1.26. The quantitative estimate of drug-likeness (QED) is 0.494. The molecule has 1 fully saturated rings. The third-order valence-electron chi connectivity index (χ3n) is 3.21. The molecule has 0 aromatic carbocycles. The van der Waals surface area contributed by atoms with Crippen molar-refractivity contribution in [3.63, 3.8) is 0 Å². The maximum Gasteiger partial charge on any atom is 0.344 e. The van der Waals surface area contributed by atoms with Crippen molar-refractivity contribution in [3.05, 3.63) is 30.1 Å². The van der Waals surface area contributed by atoms with Crippen molar-refractivity contribution in [2.75, 3.05) is 6.61 Å². The largest absolute Gasteiger partial charge is 0.459 e. The van der Waals surface area contributed by atoms with Crippen LogP contribution in [0, 0.1) is 0 Å². The number of carbonyl (C=O) groups excluding carboxylic acids is 1. The lowest BCUT2D eigenvalue weighted by Gasteiger charge is -2.11. The van der Waals surface area contributed by atoms with Crippen molar-refractivity contribution >= 4 is 5.97 Å². The van der Waals surface area contributed by atoms with E-state index in [1.165, 1.54) is 10.8 Å². The second kappa shape index (κ2) is 6.48. The molecule has 0 aliphatic carbocycles. The number of aromatic nitrogens is 1. The summed E-state index contributed by atoms with van der Waals surface area (Å²) in [5, 5.41) is 28.8. The van der Waals surface area contributed by atoms with E-state index in [-0.39, 0.29) is 6.10 Å². The van der Waals surface area contributed by atoms with Crippen LogP contribution in [-0.4, -0.2) is 52.3 Å². The number of hydrogen-bond donors (Lipinski definition) is 3. The molecule has 1 aliphatic heterocycles. The molecule has 4 unspecified atom stereocenters. The zero-order valence-corrected chi connectivity index (χ0v) is 11.9. The van der Waals surface area contributed by atoms with Gasteiger partial charge in [-0.2, -0.15) is 4.57 Å². The molecule has 2 heterocycles. The zero-order valence-electron chi connectivity index (χ0n) is 11.9. The molecule has 1 saturated heterocycles. The standard InChI is InChI=1S/C14H20NO6/c1-8(2)20-14(19)9-4-3-5-15(6-9)13-12(18)11(17)10(7-16)21-13/h3-6,8,10-13,16-18H,7H2,1-2H3/q+1. The number of rotatable bonds is 4. The minimum Gasteiger partial charge on any atom is -0.459 e. The smallest absolute Gasteiger partial charge is 0.344 e. The van der Waals surface area contributed by atoms with E-state index in [4.69, 9.17) is 14.6 Å². The number of hydrogen-bond acceptors (Lipinski definition) is 6. The van der Waals surface area contributed by atoms with Crippen LogP contribution < -0.4 is 4.57 Å². The molecule has 2 rings (SSSR count). The van der Waals surface area contributed by atoms with E-state index in [0.717, 1.165) is 0 Å². The SMILES string of the molecule is CC(C)OC(=O)c1ccc[n+](C2OC(CO)C(O)C2O)c1. The van der Waals surface area contributed by atoms with Gasteiger partial charge in [0.25, 0.3) is 6.23 Å². The van der Waals surface area contributed by atoms with Gasteiger partial charge >= 0.3 is 5.97 Å². The maximum absolute atomic E-state index is 11.9. The number of esters is 1. The van der Waals surface area contributed by atoms with Crippen LogP contribution in [0.4, 0.5) is 0 Å². The molecule has 0 spiro atoms. The van der Waals surface area contributed by atoms with Crippen LogP contribution in [-0.2, 0) is 9.47 Å². The predicted octanol–water partition coefficient (Wildman–Crippen LogP) is -0.849. The van der Waals surface area contributed by atoms with Crippen LogP contribution >= 0.6 is 0 Å². The van der Waals surface area contributed by atoms with Gasteiger partial charge in [0.15, 0.2) is 18.5 Å². The third-order valence-corrected chi connectivity index (χ3v) is 3.21. The van der Waals surface area contributed by atoms with Gasteiger partial charge in [-0.05, 0) is 19.9 Å². The lowest BCUT2D eigenvalue weighted by Crippen LogP contribution is -2.46. The molecule has 21 heavy (non-hydrogen) atoms. The fourth-order valence-electron chi connectivity index (χ4n) is 2.18. The molecule has 1 aliphatic rings. The van der Waals surface area contributed by atoms with Crippen molar-refractivity contribution < 1.29 is 34.2 Å². The minimum atomic E-state index is -1.19. The maximum atomic E-state index is 11.9. The summed E-state index contributed by atoms with van der Waals surface area (Å²) in [4.78, 5) is 11.9. The second-order valence-electron chi connectivity index (χ2n) is 5.22. The van der Waals surface area contributed by atoms with Gasteiger partial charge in [-0.25, -0.2) is 4.79 Å². The van der Waals surface area contributed by atoms with Gasteiger partial charge in [0.2, 0.25) is 0 Å². The predicted molar refractivity (Wildman–Crippen MR) is 70.2 cm³/mol. The fourth-order valence-corrected chi connectivity index (χ4v) is 2.18. The zero-order chi connectivity index (χ0) is 15.6. The monoisotopic (exact) mass is 298 g/mol. The van der Waals surface area contributed by atoms with E-state index >= 15 is 0 Å². The van der Waals surface area contributed by atoms with E-state index in [0.29, 0.717) is 5.56 Å². The number of aliphatic hydroxyl groups excluding tert-OH is 3. The summed E-state index contributed by atoms with van der Waals surface area (Å²) in [6.45, 7) is 3.10. The molecule has 0 bridgehead atoms. The first kappa shape index (κ1) is 15.8. The van der Waals surface area contributed by atoms with E-state index in [1.807, 2.05) is 0 Å². The fraction of sp³-hybridized carbons (Fsp3) is 0.571. The summed E-state index contributed by atoms with van der Waals surface area (Å²) >= 11 is 0. The van der Waals surface area contributed by atoms with Gasteiger partial charge in [0, 0.05) is 6.07 Å². The Morgan fingerprint density at radius 2 is 2.14 bits per heavy atom. The number of nitrogens with zero attached hydrogens (tertiary/aromatic N) is 1. The first-order chi connectivity index (χ1) is 9.93. The number of carbonyl (C=O) groups is 1. The lowest BCUT2D eigenvalue weighted by molar-refractivity contribution is -0.765. The molecule has 1 aromatic heterocycles. The van der Waals surface area contributed by atoms with E-state index in [2.05, 4.69) is 0 Å². The Bertz CT molecular complexity index is 506. The highest BCUT2D eigenvalue weighted by Gasteiger charge is 2.48. The minimum absolute atomic E-state index is 0.236. The van der Waals surface area contributed by atoms with Crippen molar-refractivity contribution in [3.8, 4) is 0 Å². The molecule has 0 amide bonds. The molecule has 0 saturated carbocycles. The normalized spacial score (nSPS) is 28.9. The molecule has 116 valence electrons. The second-order valence-corrected chi connectivity index (χ2v) is 5.22. The van der Waals surface area contributed by atoms with Gasteiger partial charge in [0.05, 0.1) is 12.7 Å². The first-order valence-electron chi connectivity index (χ1n) is 6.78. The molecule has 1 aromatic rings. The Labute approximate surface area is 122 Å². The van der Waals surface area contributed by atoms with Crippen molar-refractivity contribution in [2.45, 2.75) is 44.5 Å². The topological polar surface area (TPSA) is 100 Å². The Morgan fingerprint density at radius 1 is 1.43 bits per heavy atom. The molecule has 3 N–H and O–H groups in total. The van der Waals surface area contributed by atoms with Crippen LogP contribution in [0.25, 0.3) is 0 Å². The highest BCUT2D eigenvalue weighted by atomic mass is 16.6. The Hall–Kier alpha value is -1.54. The summed E-state index contributed by atoms with van der Waals surface area (Å²) in [7, 11) is 0. The van der Waals surface area contributed by atoms with Gasteiger partial charge in [-0.3, -0.25) is 0 Å². The molecular weight excluding hydrogens is 278 g/mol. The number of aliphatic hydroxyl groups is 3. The molecule has 4 atom stereocenters. The van der Waals surface area contributed by atoms with Gasteiger partial charge in [0.1, 0.15) is 17.8 Å². The Morgan fingerprint density at radius 3 is 2.71 bits per heavy atom. The van der Waals surface area contributed by atoms with Gasteiger partial charge in [-0.15, -0.1) is 0 Å². The molecular formula is C14H20NO6+. The summed E-state index contributed by atoms with van der Waals surface area (Å²) < 4.78 is 12.0. The van der Waals surface area contributed by atoms with E-state index < -0.39 is 37.1 Å². The van der Waals surface area contributed by atoms with Crippen LogP contribution in [0.5, 0.6) is 0 Å². The Balaban J connectivity index is 2.20. The number of ether oxygens (including phenoxy) is 2. The molecule has 0 radical (unpaired) electrons. The third kappa shape index (κ3) is 3.38. The Kier molecular flexibility index (Phi) is 4.89. The molecule has 7 heteroatoms. The lowest BCUT2D eigenvalue weighted by atomic mass is 10.1. The summed E-state index contributed by atoms with van der Waals surface area (Å²) in [5.41, 5.74) is 0.309. The van der Waals surface area contributed by atoms with Crippen molar-refractivity contribution in [1.82, 2.24) is 0 Å².